The van der Waals surface area contributed by atoms with E-state index in [4.69, 9.17) is 0 Å². The molecule has 0 aliphatic carbocycles. The van der Waals surface area contributed by atoms with E-state index < -0.39 is 0 Å². The van der Waals surface area contributed by atoms with Crippen molar-refractivity contribution in [1.82, 2.24) is 10.3 Å². The third-order valence-corrected chi connectivity index (χ3v) is 5.67. The van der Waals surface area contributed by atoms with Gasteiger partial charge in [-0.05, 0) is 60.5 Å². The number of benzene rings is 2. The summed E-state index contributed by atoms with van der Waals surface area (Å²) in [5.41, 5.74) is 2.43. The lowest BCUT2D eigenvalue weighted by Gasteiger charge is -2.14. The van der Waals surface area contributed by atoms with E-state index in [2.05, 4.69) is 76.5 Å². The first-order valence-electron chi connectivity index (χ1n) is 9.10. The van der Waals surface area contributed by atoms with E-state index in [0.717, 1.165) is 30.8 Å². The molecule has 0 saturated heterocycles. The standard InChI is InChI=1S/C22H23N3S/c1-16(19-15-26-21-10-5-3-8-18(19)21)23-13-6-14-24-22-12-11-17-7-2-4-9-20(17)25-22/h2-5,7-12,15-16,23H,6,13-14H2,1H3,(H,24,25). The zero-order valence-electron chi connectivity index (χ0n) is 14.9. The molecule has 26 heavy (non-hydrogen) atoms. The highest BCUT2D eigenvalue weighted by molar-refractivity contribution is 7.17. The molecule has 0 fully saturated rings. The average Bonchev–Trinajstić information content (AvgIpc) is 3.12. The Morgan fingerprint density at radius 3 is 2.77 bits per heavy atom. The van der Waals surface area contributed by atoms with Crippen molar-refractivity contribution < 1.29 is 0 Å². The van der Waals surface area contributed by atoms with Crippen LogP contribution < -0.4 is 10.6 Å². The molecule has 0 spiro atoms. The minimum absolute atomic E-state index is 0.366. The van der Waals surface area contributed by atoms with Gasteiger partial charge in [-0.2, -0.15) is 0 Å². The van der Waals surface area contributed by atoms with Crippen LogP contribution in [0, 0.1) is 0 Å². The number of hydrogen-bond donors (Lipinski definition) is 2. The maximum atomic E-state index is 4.65. The minimum Gasteiger partial charge on any atom is -0.370 e. The summed E-state index contributed by atoms with van der Waals surface area (Å²) in [6.07, 6.45) is 1.06. The molecular formula is C22H23N3S. The number of hydrogen-bond acceptors (Lipinski definition) is 4. The fraction of sp³-hybridized carbons (Fsp3) is 0.227. The third kappa shape index (κ3) is 3.71. The Bertz CT molecular complexity index is 1010. The molecule has 1 unspecified atom stereocenters. The lowest BCUT2D eigenvalue weighted by atomic mass is 10.1. The van der Waals surface area contributed by atoms with Crippen LogP contribution in [0.25, 0.3) is 21.0 Å². The monoisotopic (exact) mass is 361 g/mol. The van der Waals surface area contributed by atoms with E-state index in [0.29, 0.717) is 6.04 Å². The molecule has 4 heteroatoms. The lowest BCUT2D eigenvalue weighted by Crippen LogP contribution is -2.21. The van der Waals surface area contributed by atoms with Crippen LogP contribution >= 0.6 is 11.3 Å². The maximum Gasteiger partial charge on any atom is 0.126 e. The first-order valence-corrected chi connectivity index (χ1v) is 9.98. The average molecular weight is 362 g/mol. The van der Waals surface area contributed by atoms with Crippen molar-refractivity contribution in [2.24, 2.45) is 0 Å². The van der Waals surface area contributed by atoms with Gasteiger partial charge in [-0.3, -0.25) is 0 Å². The largest absolute Gasteiger partial charge is 0.370 e. The molecule has 0 amide bonds. The lowest BCUT2D eigenvalue weighted by molar-refractivity contribution is 0.569. The first-order chi connectivity index (χ1) is 12.8. The number of para-hydroxylation sites is 1. The molecule has 0 aliphatic rings. The normalized spacial score (nSPS) is 12.5. The maximum absolute atomic E-state index is 4.65. The van der Waals surface area contributed by atoms with E-state index in [1.54, 1.807) is 0 Å². The van der Waals surface area contributed by atoms with Gasteiger partial charge in [0.15, 0.2) is 0 Å². The number of rotatable bonds is 7. The molecular weight excluding hydrogens is 338 g/mol. The van der Waals surface area contributed by atoms with Crippen molar-refractivity contribution in [3.63, 3.8) is 0 Å². The summed E-state index contributed by atoms with van der Waals surface area (Å²) in [5.74, 6) is 0.945. The summed E-state index contributed by atoms with van der Waals surface area (Å²) in [6.45, 7) is 4.13. The number of anilines is 1. The van der Waals surface area contributed by atoms with E-state index in [1.165, 1.54) is 21.0 Å². The topological polar surface area (TPSA) is 37.0 Å². The van der Waals surface area contributed by atoms with Crippen molar-refractivity contribution in [2.45, 2.75) is 19.4 Å². The molecule has 1 atom stereocenters. The Labute approximate surface area is 158 Å². The van der Waals surface area contributed by atoms with Gasteiger partial charge in [0, 0.05) is 22.7 Å². The molecule has 0 radical (unpaired) electrons. The van der Waals surface area contributed by atoms with Crippen LogP contribution in [-0.2, 0) is 0 Å². The number of pyridine rings is 1. The number of nitrogens with zero attached hydrogens (tertiary/aromatic N) is 1. The molecule has 3 nitrogen and oxygen atoms in total. The molecule has 0 saturated carbocycles. The van der Waals surface area contributed by atoms with Crippen LogP contribution in [0.2, 0.25) is 0 Å². The van der Waals surface area contributed by atoms with Crippen molar-refractivity contribution in [3.8, 4) is 0 Å². The SMILES string of the molecule is CC(NCCCNc1ccc2ccccc2n1)c1csc2ccccc12. The molecule has 0 bridgehead atoms. The Morgan fingerprint density at radius 1 is 0.962 bits per heavy atom. The van der Waals surface area contributed by atoms with E-state index in [-0.39, 0.29) is 0 Å². The highest BCUT2D eigenvalue weighted by atomic mass is 32.1. The van der Waals surface area contributed by atoms with Crippen molar-refractivity contribution >= 4 is 38.1 Å². The smallest absolute Gasteiger partial charge is 0.126 e. The van der Waals surface area contributed by atoms with Crippen LogP contribution in [0.4, 0.5) is 5.82 Å². The quantitative estimate of drug-likeness (QED) is 0.421. The molecule has 2 heterocycles. The van der Waals surface area contributed by atoms with Crippen LogP contribution in [0.5, 0.6) is 0 Å². The second kappa shape index (κ2) is 7.85. The molecule has 4 aromatic rings. The van der Waals surface area contributed by atoms with Gasteiger partial charge < -0.3 is 10.6 Å². The fourth-order valence-corrected chi connectivity index (χ4v) is 4.29. The summed E-state index contributed by atoms with van der Waals surface area (Å²) in [6, 6.07) is 21.4. The number of aromatic nitrogens is 1. The van der Waals surface area contributed by atoms with Gasteiger partial charge in [0.1, 0.15) is 5.82 Å². The minimum atomic E-state index is 0.366. The zero-order valence-corrected chi connectivity index (χ0v) is 15.7. The van der Waals surface area contributed by atoms with Gasteiger partial charge in [0.05, 0.1) is 5.52 Å². The molecule has 2 aromatic heterocycles. The Balaban J connectivity index is 1.27. The summed E-state index contributed by atoms with van der Waals surface area (Å²) in [4.78, 5) is 4.65. The predicted octanol–water partition coefficient (Wildman–Crippen LogP) is 5.60. The van der Waals surface area contributed by atoms with Gasteiger partial charge >= 0.3 is 0 Å². The van der Waals surface area contributed by atoms with Crippen LogP contribution in [0.15, 0.2) is 66.0 Å². The summed E-state index contributed by atoms with van der Waals surface area (Å²) in [5, 5.41) is 11.9. The third-order valence-electron chi connectivity index (χ3n) is 4.69. The second-order valence-electron chi connectivity index (χ2n) is 6.53. The van der Waals surface area contributed by atoms with Gasteiger partial charge in [-0.25, -0.2) is 4.98 Å². The highest BCUT2D eigenvalue weighted by Crippen LogP contribution is 2.29. The molecule has 132 valence electrons. The number of thiophene rings is 1. The highest BCUT2D eigenvalue weighted by Gasteiger charge is 2.10. The molecule has 2 N–H and O–H groups in total. The van der Waals surface area contributed by atoms with Gasteiger partial charge in [0.2, 0.25) is 0 Å². The molecule has 0 aliphatic heterocycles. The van der Waals surface area contributed by atoms with Crippen LogP contribution in [0.1, 0.15) is 24.9 Å². The first kappa shape index (κ1) is 17.0. The van der Waals surface area contributed by atoms with Crippen LogP contribution in [-0.4, -0.2) is 18.1 Å². The van der Waals surface area contributed by atoms with E-state index in [9.17, 15) is 0 Å². The summed E-state index contributed by atoms with van der Waals surface area (Å²) in [7, 11) is 0. The second-order valence-corrected chi connectivity index (χ2v) is 7.44. The molecule has 4 rings (SSSR count). The predicted molar refractivity (Wildman–Crippen MR) is 113 cm³/mol. The Kier molecular flexibility index (Phi) is 5.14. The van der Waals surface area contributed by atoms with Crippen molar-refractivity contribution in [3.05, 3.63) is 71.6 Å². The Morgan fingerprint density at radius 2 is 1.81 bits per heavy atom. The summed E-state index contributed by atoms with van der Waals surface area (Å²) >= 11 is 1.82. The van der Waals surface area contributed by atoms with Crippen molar-refractivity contribution in [2.75, 3.05) is 18.4 Å². The van der Waals surface area contributed by atoms with Gasteiger partial charge in [0.25, 0.3) is 0 Å². The van der Waals surface area contributed by atoms with Gasteiger partial charge in [-0.15, -0.1) is 11.3 Å². The summed E-state index contributed by atoms with van der Waals surface area (Å²) < 4.78 is 1.36. The zero-order chi connectivity index (χ0) is 17.8. The molecule has 2 aromatic carbocycles. The number of fused-ring (bicyclic) bond motifs is 2. The van der Waals surface area contributed by atoms with Crippen LogP contribution in [0.3, 0.4) is 0 Å². The van der Waals surface area contributed by atoms with E-state index >= 15 is 0 Å². The fourth-order valence-electron chi connectivity index (χ4n) is 3.23. The number of nitrogens with one attached hydrogen (secondary N) is 2. The Hall–Kier alpha value is -2.43. The van der Waals surface area contributed by atoms with Crippen molar-refractivity contribution in [1.29, 1.82) is 0 Å². The van der Waals surface area contributed by atoms with E-state index in [1.807, 2.05) is 23.5 Å². The van der Waals surface area contributed by atoms with Gasteiger partial charge in [-0.1, -0.05) is 36.4 Å².